The van der Waals surface area contributed by atoms with Crippen molar-refractivity contribution in [1.29, 1.82) is 0 Å². The van der Waals surface area contributed by atoms with Crippen molar-refractivity contribution in [3.8, 4) is 0 Å². The van der Waals surface area contributed by atoms with Crippen molar-refractivity contribution in [1.82, 2.24) is 0 Å². The van der Waals surface area contributed by atoms with Crippen LogP contribution in [0.5, 0.6) is 0 Å². The predicted molar refractivity (Wildman–Crippen MR) is 76.1 cm³/mol. The van der Waals surface area contributed by atoms with E-state index in [1.165, 1.54) is 0 Å². The fraction of sp³-hybridized carbons (Fsp3) is 0.500. The number of benzene rings is 1. The van der Waals surface area contributed by atoms with E-state index >= 15 is 0 Å². The van der Waals surface area contributed by atoms with Crippen molar-refractivity contribution < 1.29 is 35.4 Å². The average Bonchev–Trinajstić information content (AvgIpc) is 2.39. The van der Waals surface area contributed by atoms with Crippen LogP contribution in [0.1, 0.15) is 5.56 Å². The predicted octanol–water partition coefficient (Wildman–Crippen LogP) is 1.77. The Morgan fingerprint density at radius 1 is 1.42 bits per heavy atom. The fourth-order valence-corrected chi connectivity index (χ4v) is 2.92. The first-order valence-electron chi connectivity index (χ1n) is 6.50. The first-order chi connectivity index (χ1) is 10.9. The van der Waals surface area contributed by atoms with E-state index in [1.807, 2.05) is 0 Å². The standard InChI is InChI=1S/C12H13F3N2O6S/c1-24(20,21)23-11(6-22-7-11)5-16-10-3-2-8(17(18)19)4-9(10)12(13,14)15/h2-4,16H,5-7H2,1H3. The molecule has 0 aromatic heterocycles. The van der Waals surface area contributed by atoms with Gasteiger partial charge in [-0.25, -0.2) is 0 Å². The molecule has 0 saturated carbocycles. The molecule has 0 atom stereocenters. The third kappa shape index (κ3) is 4.33. The maximum atomic E-state index is 13.1. The molecule has 1 heterocycles. The van der Waals surface area contributed by atoms with Crippen molar-refractivity contribution in [2.45, 2.75) is 11.8 Å². The van der Waals surface area contributed by atoms with Gasteiger partial charge >= 0.3 is 6.18 Å². The van der Waals surface area contributed by atoms with Crippen LogP contribution < -0.4 is 5.32 Å². The quantitative estimate of drug-likeness (QED) is 0.462. The van der Waals surface area contributed by atoms with Crippen molar-refractivity contribution in [2.24, 2.45) is 0 Å². The Bertz CT molecular complexity index is 746. The molecule has 0 unspecified atom stereocenters. The number of alkyl halides is 3. The molecular weight excluding hydrogens is 357 g/mol. The number of hydrogen-bond donors (Lipinski definition) is 1. The number of nitrogens with one attached hydrogen (secondary N) is 1. The highest BCUT2D eigenvalue weighted by Gasteiger charge is 2.44. The van der Waals surface area contributed by atoms with Gasteiger partial charge in [-0.15, -0.1) is 0 Å². The van der Waals surface area contributed by atoms with Crippen LogP contribution in [0.25, 0.3) is 0 Å². The molecule has 0 radical (unpaired) electrons. The molecule has 8 nitrogen and oxygen atoms in total. The summed E-state index contributed by atoms with van der Waals surface area (Å²) in [5.41, 5.74) is -3.66. The van der Waals surface area contributed by atoms with Gasteiger partial charge in [-0.3, -0.25) is 14.3 Å². The van der Waals surface area contributed by atoms with Gasteiger partial charge in [0.2, 0.25) is 0 Å². The van der Waals surface area contributed by atoms with E-state index < -0.39 is 43.8 Å². The molecule has 12 heteroatoms. The largest absolute Gasteiger partial charge is 0.418 e. The summed E-state index contributed by atoms with van der Waals surface area (Å²) in [6.07, 6.45) is -4.00. The Labute approximate surface area is 134 Å². The third-order valence-corrected chi connectivity index (χ3v) is 3.84. The van der Waals surface area contributed by atoms with Gasteiger partial charge in [0.25, 0.3) is 15.8 Å². The van der Waals surface area contributed by atoms with E-state index in [-0.39, 0.29) is 19.8 Å². The molecule has 0 amide bonds. The van der Waals surface area contributed by atoms with E-state index in [0.717, 1.165) is 18.4 Å². The van der Waals surface area contributed by atoms with Gasteiger partial charge in [-0.1, -0.05) is 0 Å². The summed E-state index contributed by atoms with van der Waals surface area (Å²) >= 11 is 0. The maximum Gasteiger partial charge on any atom is 0.418 e. The molecule has 0 bridgehead atoms. The number of halogens is 3. The molecule has 1 saturated heterocycles. The fourth-order valence-electron chi connectivity index (χ4n) is 2.12. The second kappa shape index (κ2) is 6.18. The van der Waals surface area contributed by atoms with Gasteiger partial charge in [-0.2, -0.15) is 21.6 Å². The number of non-ortho nitro benzene ring substituents is 1. The Morgan fingerprint density at radius 2 is 2.04 bits per heavy atom. The minimum absolute atomic E-state index is 0.110. The number of anilines is 1. The molecule has 1 aliphatic rings. The summed E-state index contributed by atoms with van der Waals surface area (Å²) in [7, 11) is -3.84. The zero-order chi connectivity index (χ0) is 18.2. The lowest BCUT2D eigenvalue weighted by molar-refractivity contribution is -0.385. The topological polar surface area (TPSA) is 108 Å². The zero-order valence-electron chi connectivity index (χ0n) is 12.3. The number of ether oxygens (including phenoxy) is 1. The number of hydrogen-bond acceptors (Lipinski definition) is 7. The first-order valence-corrected chi connectivity index (χ1v) is 8.31. The molecule has 1 aromatic rings. The van der Waals surface area contributed by atoms with Gasteiger partial charge in [0.1, 0.15) is 0 Å². The van der Waals surface area contributed by atoms with Gasteiger partial charge in [0, 0.05) is 24.4 Å². The molecule has 1 fully saturated rings. The molecule has 0 aliphatic carbocycles. The van der Waals surface area contributed by atoms with Gasteiger partial charge < -0.3 is 10.1 Å². The van der Waals surface area contributed by atoms with E-state index in [9.17, 15) is 31.7 Å². The Morgan fingerprint density at radius 3 is 2.46 bits per heavy atom. The summed E-state index contributed by atoms with van der Waals surface area (Å²) in [5.74, 6) is 0. The number of nitrogens with zero attached hydrogens (tertiary/aromatic N) is 1. The van der Waals surface area contributed by atoms with Gasteiger partial charge in [0.15, 0.2) is 5.60 Å². The number of nitro groups is 1. The summed E-state index contributed by atoms with van der Waals surface area (Å²) in [5, 5.41) is 13.1. The molecule has 1 aromatic carbocycles. The molecule has 2 rings (SSSR count). The second-order valence-electron chi connectivity index (χ2n) is 5.30. The monoisotopic (exact) mass is 370 g/mol. The van der Waals surface area contributed by atoms with Crippen LogP contribution in [0.2, 0.25) is 0 Å². The smallest absolute Gasteiger partial charge is 0.381 e. The van der Waals surface area contributed by atoms with E-state index in [4.69, 9.17) is 8.92 Å². The Hall–Kier alpha value is -1.92. The van der Waals surface area contributed by atoms with E-state index in [2.05, 4.69) is 5.32 Å². The van der Waals surface area contributed by atoms with Crippen LogP contribution >= 0.6 is 0 Å². The normalized spacial score (nSPS) is 17.2. The second-order valence-corrected chi connectivity index (χ2v) is 6.88. The van der Waals surface area contributed by atoms with Crippen molar-refractivity contribution in [3.63, 3.8) is 0 Å². The molecule has 1 N–H and O–H groups in total. The molecule has 24 heavy (non-hydrogen) atoms. The van der Waals surface area contributed by atoms with E-state index in [0.29, 0.717) is 6.07 Å². The highest BCUT2D eigenvalue weighted by atomic mass is 32.2. The number of nitro benzene ring substituents is 1. The summed E-state index contributed by atoms with van der Waals surface area (Å²) < 4.78 is 71.4. The van der Waals surface area contributed by atoms with Crippen molar-refractivity contribution in [3.05, 3.63) is 33.9 Å². The third-order valence-electron chi connectivity index (χ3n) is 3.18. The van der Waals surface area contributed by atoms with Crippen LogP contribution in [0.3, 0.4) is 0 Å². The highest BCUT2D eigenvalue weighted by Crippen LogP contribution is 2.37. The maximum absolute atomic E-state index is 13.1. The lowest BCUT2D eigenvalue weighted by atomic mass is 10.0. The molecular formula is C12H13F3N2O6S. The lowest BCUT2D eigenvalue weighted by Crippen LogP contribution is -2.57. The van der Waals surface area contributed by atoms with E-state index in [1.54, 1.807) is 0 Å². The average molecular weight is 370 g/mol. The van der Waals surface area contributed by atoms with Gasteiger partial charge in [0.05, 0.1) is 30.0 Å². The van der Waals surface area contributed by atoms with Crippen molar-refractivity contribution in [2.75, 3.05) is 31.3 Å². The van der Waals surface area contributed by atoms with Crippen LogP contribution in [-0.4, -0.2) is 45.0 Å². The SMILES string of the molecule is CS(=O)(=O)OC1(CNc2ccc([N+](=O)[O-])cc2C(F)(F)F)COC1. The molecule has 0 spiro atoms. The van der Waals surface area contributed by atoms with Crippen LogP contribution in [0.15, 0.2) is 18.2 Å². The highest BCUT2D eigenvalue weighted by molar-refractivity contribution is 7.86. The van der Waals surface area contributed by atoms with Crippen LogP contribution in [0.4, 0.5) is 24.5 Å². The first kappa shape index (κ1) is 18.4. The molecule has 134 valence electrons. The lowest BCUT2D eigenvalue weighted by Gasteiger charge is -2.40. The van der Waals surface area contributed by atoms with Crippen LogP contribution in [-0.2, 0) is 25.2 Å². The van der Waals surface area contributed by atoms with Crippen LogP contribution in [0, 0.1) is 10.1 Å². The summed E-state index contributed by atoms with van der Waals surface area (Å²) in [6, 6.07) is 2.23. The molecule has 1 aliphatic heterocycles. The zero-order valence-corrected chi connectivity index (χ0v) is 13.1. The minimum atomic E-state index is -4.82. The van der Waals surface area contributed by atoms with Gasteiger partial charge in [-0.05, 0) is 6.07 Å². The Kier molecular flexibility index (Phi) is 4.74. The van der Waals surface area contributed by atoms with Crippen molar-refractivity contribution >= 4 is 21.5 Å². The minimum Gasteiger partial charge on any atom is -0.381 e. The number of rotatable bonds is 6. The Balaban J connectivity index is 2.24. The summed E-state index contributed by atoms with van der Waals surface area (Å²) in [6.45, 7) is -0.496. The summed E-state index contributed by atoms with van der Waals surface area (Å²) in [4.78, 5) is 9.70.